The van der Waals surface area contributed by atoms with Gasteiger partial charge in [-0.1, -0.05) is 38.2 Å². The molecule has 0 N–H and O–H groups in total. The maximum atomic E-state index is 4.34. The first kappa shape index (κ1) is 9.82. The zero-order chi connectivity index (χ0) is 9.64. The number of rotatable bonds is 1. The molecule has 14 heavy (non-hydrogen) atoms. The van der Waals surface area contributed by atoms with E-state index in [0.717, 1.165) is 12.5 Å². The lowest BCUT2D eigenvalue weighted by Gasteiger charge is -2.23. The highest BCUT2D eigenvalue weighted by Gasteiger charge is 2.16. The van der Waals surface area contributed by atoms with Crippen molar-refractivity contribution in [1.29, 1.82) is 0 Å². The first-order chi connectivity index (χ1) is 6.97. The number of hydrogen-bond donors (Lipinski definition) is 0. The molecule has 0 aromatic heterocycles. The SMILES string of the molecule is C1=C[N]CC(C2CCCCCCC2)=C1. The van der Waals surface area contributed by atoms with Gasteiger partial charge in [-0.15, -0.1) is 0 Å². The Balaban J connectivity index is 1.93. The second-order valence-electron chi connectivity index (χ2n) is 4.47. The molecule has 1 nitrogen and oxygen atoms in total. The van der Waals surface area contributed by atoms with Gasteiger partial charge in [0.05, 0.1) is 6.54 Å². The van der Waals surface area contributed by atoms with E-state index in [9.17, 15) is 0 Å². The number of allylic oxidation sites excluding steroid dienone is 2. The van der Waals surface area contributed by atoms with Gasteiger partial charge in [-0.2, -0.15) is 0 Å². The highest BCUT2D eigenvalue weighted by atomic mass is 14.8. The topological polar surface area (TPSA) is 14.1 Å². The van der Waals surface area contributed by atoms with Gasteiger partial charge >= 0.3 is 0 Å². The van der Waals surface area contributed by atoms with Crippen LogP contribution in [-0.4, -0.2) is 6.54 Å². The van der Waals surface area contributed by atoms with E-state index in [1.165, 1.54) is 44.9 Å². The average molecular weight is 190 g/mol. The van der Waals surface area contributed by atoms with Crippen LogP contribution in [0.4, 0.5) is 0 Å². The molecule has 0 atom stereocenters. The molecule has 0 amide bonds. The Morgan fingerprint density at radius 2 is 1.71 bits per heavy atom. The summed E-state index contributed by atoms with van der Waals surface area (Å²) in [7, 11) is 0. The molecule has 1 heterocycles. The summed E-state index contributed by atoms with van der Waals surface area (Å²) in [6.45, 7) is 0.959. The van der Waals surface area contributed by atoms with Gasteiger partial charge in [-0.05, 0) is 30.4 Å². The molecule has 0 spiro atoms. The molecule has 0 unspecified atom stereocenters. The smallest absolute Gasteiger partial charge is 0.0605 e. The van der Waals surface area contributed by atoms with Crippen molar-refractivity contribution in [2.45, 2.75) is 44.9 Å². The first-order valence-electron chi connectivity index (χ1n) is 5.99. The summed E-state index contributed by atoms with van der Waals surface area (Å²) in [5, 5.41) is 4.34. The third-order valence-corrected chi connectivity index (χ3v) is 3.41. The third-order valence-electron chi connectivity index (χ3n) is 3.41. The van der Waals surface area contributed by atoms with E-state index in [1.807, 2.05) is 6.20 Å². The molecule has 1 radical (unpaired) electrons. The predicted molar refractivity (Wildman–Crippen MR) is 60.0 cm³/mol. The molecule has 0 saturated heterocycles. The van der Waals surface area contributed by atoms with Crippen molar-refractivity contribution in [3.05, 3.63) is 23.9 Å². The Morgan fingerprint density at radius 1 is 1.00 bits per heavy atom. The van der Waals surface area contributed by atoms with Crippen molar-refractivity contribution >= 4 is 0 Å². The third kappa shape index (κ3) is 2.63. The maximum absolute atomic E-state index is 4.34. The molecule has 77 valence electrons. The fourth-order valence-electron chi connectivity index (χ4n) is 2.53. The van der Waals surface area contributed by atoms with Gasteiger partial charge in [0.25, 0.3) is 0 Å². The van der Waals surface area contributed by atoms with Crippen LogP contribution >= 0.6 is 0 Å². The molecule has 1 fully saturated rings. The fraction of sp³-hybridized carbons (Fsp3) is 0.692. The van der Waals surface area contributed by atoms with Crippen molar-refractivity contribution < 1.29 is 0 Å². The standard InChI is InChI=1S/C13H20N/c1-2-4-7-12(8-5-3-1)13-9-6-10-14-11-13/h6,9-10,12H,1-5,7-8,11H2. The summed E-state index contributed by atoms with van der Waals surface area (Å²) in [6.07, 6.45) is 16.3. The fourth-order valence-corrected chi connectivity index (χ4v) is 2.53. The quantitative estimate of drug-likeness (QED) is 0.601. The van der Waals surface area contributed by atoms with E-state index in [0.29, 0.717) is 0 Å². The van der Waals surface area contributed by atoms with Gasteiger partial charge in [0, 0.05) is 6.20 Å². The molecule has 2 rings (SSSR count). The summed E-state index contributed by atoms with van der Waals surface area (Å²) >= 11 is 0. The van der Waals surface area contributed by atoms with Crippen LogP contribution in [0.1, 0.15) is 44.9 Å². The average Bonchev–Trinajstić information content (AvgIpc) is 2.18. The number of nitrogens with zero attached hydrogens (tertiary/aromatic N) is 1. The summed E-state index contributed by atoms with van der Waals surface area (Å²) < 4.78 is 0. The highest BCUT2D eigenvalue weighted by molar-refractivity contribution is 5.20. The van der Waals surface area contributed by atoms with Crippen LogP contribution < -0.4 is 5.32 Å². The van der Waals surface area contributed by atoms with Gasteiger partial charge in [-0.3, -0.25) is 5.32 Å². The Hall–Kier alpha value is -0.720. The molecule has 1 heteroatoms. The zero-order valence-electron chi connectivity index (χ0n) is 8.91. The van der Waals surface area contributed by atoms with E-state index < -0.39 is 0 Å². The molecule has 1 aliphatic heterocycles. The Morgan fingerprint density at radius 3 is 2.36 bits per heavy atom. The molecular weight excluding hydrogens is 170 g/mol. The number of hydrogen-bond acceptors (Lipinski definition) is 0. The van der Waals surface area contributed by atoms with Crippen molar-refractivity contribution in [3.63, 3.8) is 0 Å². The largest absolute Gasteiger partial charge is 0.289 e. The summed E-state index contributed by atoms with van der Waals surface area (Å²) in [5.74, 6) is 0.837. The Labute approximate surface area is 87.3 Å². The van der Waals surface area contributed by atoms with E-state index in [1.54, 1.807) is 5.57 Å². The second-order valence-corrected chi connectivity index (χ2v) is 4.47. The molecule has 0 aromatic carbocycles. The first-order valence-corrected chi connectivity index (χ1v) is 5.99. The monoisotopic (exact) mass is 190 g/mol. The molecule has 2 aliphatic rings. The van der Waals surface area contributed by atoms with Gasteiger partial charge in [0.15, 0.2) is 0 Å². The van der Waals surface area contributed by atoms with Crippen LogP contribution in [0.2, 0.25) is 0 Å². The van der Waals surface area contributed by atoms with Gasteiger partial charge in [-0.25, -0.2) is 0 Å². The van der Waals surface area contributed by atoms with Crippen LogP contribution in [0, 0.1) is 5.92 Å². The molecule has 0 aromatic rings. The second kappa shape index (κ2) is 5.23. The normalized spacial score (nSPS) is 24.7. The van der Waals surface area contributed by atoms with Gasteiger partial charge in [0.2, 0.25) is 0 Å². The lowest BCUT2D eigenvalue weighted by atomic mass is 9.85. The van der Waals surface area contributed by atoms with Crippen molar-refractivity contribution in [2.24, 2.45) is 5.92 Å². The van der Waals surface area contributed by atoms with E-state index in [4.69, 9.17) is 0 Å². The maximum Gasteiger partial charge on any atom is 0.0605 e. The van der Waals surface area contributed by atoms with Crippen LogP contribution in [-0.2, 0) is 0 Å². The predicted octanol–water partition coefficient (Wildman–Crippen LogP) is 3.41. The molecule has 1 saturated carbocycles. The van der Waals surface area contributed by atoms with Crippen LogP contribution in [0.5, 0.6) is 0 Å². The highest BCUT2D eigenvalue weighted by Crippen LogP contribution is 2.28. The molecule has 1 aliphatic carbocycles. The van der Waals surface area contributed by atoms with Crippen molar-refractivity contribution in [2.75, 3.05) is 6.54 Å². The minimum atomic E-state index is 0.837. The van der Waals surface area contributed by atoms with E-state index >= 15 is 0 Å². The lowest BCUT2D eigenvalue weighted by Crippen LogP contribution is -2.15. The molecule has 0 bridgehead atoms. The van der Waals surface area contributed by atoms with E-state index in [2.05, 4.69) is 17.5 Å². The van der Waals surface area contributed by atoms with Gasteiger partial charge < -0.3 is 0 Å². The van der Waals surface area contributed by atoms with Crippen LogP contribution in [0.15, 0.2) is 23.9 Å². The Bertz CT molecular complexity index is 219. The van der Waals surface area contributed by atoms with Crippen molar-refractivity contribution in [1.82, 2.24) is 5.32 Å². The zero-order valence-corrected chi connectivity index (χ0v) is 8.91. The Kier molecular flexibility index (Phi) is 3.67. The van der Waals surface area contributed by atoms with Gasteiger partial charge in [0.1, 0.15) is 0 Å². The minimum absolute atomic E-state index is 0.837. The minimum Gasteiger partial charge on any atom is -0.289 e. The van der Waals surface area contributed by atoms with Crippen LogP contribution in [0.25, 0.3) is 0 Å². The van der Waals surface area contributed by atoms with E-state index in [-0.39, 0.29) is 0 Å². The lowest BCUT2D eigenvalue weighted by molar-refractivity contribution is 0.413. The summed E-state index contributed by atoms with van der Waals surface area (Å²) in [4.78, 5) is 0. The summed E-state index contributed by atoms with van der Waals surface area (Å²) in [6, 6.07) is 0. The van der Waals surface area contributed by atoms with Crippen molar-refractivity contribution in [3.8, 4) is 0 Å². The van der Waals surface area contributed by atoms with Crippen LogP contribution in [0.3, 0.4) is 0 Å². The molecular formula is C13H20N. The summed E-state index contributed by atoms with van der Waals surface area (Å²) in [5.41, 5.74) is 1.58.